The topological polar surface area (TPSA) is 68.0 Å². The van der Waals surface area contributed by atoms with Crippen LogP contribution in [0.25, 0.3) is 0 Å². The van der Waals surface area contributed by atoms with Gasteiger partial charge in [-0.15, -0.1) is 0 Å². The smallest absolute Gasteiger partial charge is 0.258 e. The number of amides is 1. The second-order valence-electron chi connectivity index (χ2n) is 3.85. The number of anilines is 2. The van der Waals surface area contributed by atoms with Crippen molar-refractivity contribution in [2.75, 3.05) is 11.1 Å². The Morgan fingerprint density at radius 3 is 2.78 bits per heavy atom. The molecule has 92 valence electrons. The van der Waals surface area contributed by atoms with E-state index in [1.807, 2.05) is 13.0 Å². The number of carbonyl (C=O) groups excluding carboxylic acids is 1. The SMILES string of the molecule is Cc1cccc(NC(=O)c2ccc(F)cc2N)n1. The van der Waals surface area contributed by atoms with E-state index in [0.717, 1.165) is 11.8 Å². The highest BCUT2D eigenvalue weighted by Gasteiger charge is 2.11. The van der Waals surface area contributed by atoms with Crippen molar-refractivity contribution >= 4 is 17.4 Å². The van der Waals surface area contributed by atoms with Crippen molar-refractivity contribution in [3.63, 3.8) is 0 Å². The number of aryl methyl sites for hydroxylation is 1. The summed E-state index contributed by atoms with van der Waals surface area (Å²) in [5.74, 6) is -0.452. The van der Waals surface area contributed by atoms with E-state index < -0.39 is 11.7 Å². The molecule has 0 aliphatic heterocycles. The highest BCUT2D eigenvalue weighted by atomic mass is 19.1. The Hall–Kier alpha value is -2.43. The summed E-state index contributed by atoms with van der Waals surface area (Å²) < 4.78 is 12.9. The van der Waals surface area contributed by atoms with E-state index in [1.54, 1.807) is 12.1 Å². The number of rotatable bonds is 2. The minimum Gasteiger partial charge on any atom is -0.398 e. The van der Waals surface area contributed by atoms with Gasteiger partial charge in [-0.05, 0) is 37.3 Å². The zero-order chi connectivity index (χ0) is 13.1. The average molecular weight is 245 g/mol. The zero-order valence-electron chi connectivity index (χ0n) is 9.77. The van der Waals surface area contributed by atoms with Crippen molar-refractivity contribution in [3.8, 4) is 0 Å². The van der Waals surface area contributed by atoms with E-state index in [2.05, 4.69) is 10.3 Å². The summed E-state index contributed by atoms with van der Waals surface area (Å²) >= 11 is 0. The van der Waals surface area contributed by atoms with E-state index in [-0.39, 0.29) is 11.3 Å². The quantitative estimate of drug-likeness (QED) is 0.798. The Bertz CT molecular complexity index is 599. The average Bonchev–Trinajstić information content (AvgIpc) is 2.28. The molecule has 3 N–H and O–H groups in total. The van der Waals surface area contributed by atoms with E-state index in [0.29, 0.717) is 5.82 Å². The maximum atomic E-state index is 12.9. The van der Waals surface area contributed by atoms with Crippen molar-refractivity contribution in [2.24, 2.45) is 0 Å². The molecule has 5 heteroatoms. The van der Waals surface area contributed by atoms with Crippen molar-refractivity contribution in [1.29, 1.82) is 0 Å². The third-order valence-corrected chi connectivity index (χ3v) is 2.39. The molecular weight excluding hydrogens is 233 g/mol. The van der Waals surface area contributed by atoms with Gasteiger partial charge in [0.05, 0.1) is 5.56 Å². The Morgan fingerprint density at radius 2 is 2.11 bits per heavy atom. The maximum Gasteiger partial charge on any atom is 0.258 e. The van der Waals surface area contributed by atoms with E-state index in [4.69, 9.17) is 5.73 Å². The molecule has 0 aliphatic rings. The summed E-state index contributed by atoms with van der Waals surface area (Å²) in [5, 5.41) is 2.61. The Labute approximate surface area is 104 Å². The van der Waals surface area contributed by atoms with Gasteiger partial charge in [-0.3, -0.25) is 4.79 Å². The summed E-state index contributed by atoms with van der Waals surface area (Å²) in [6, 6.07) is 8.92. The molecule has 0 unspecified atom stereocenters. The van der Waals surface area contributed by atoms with Crippen molar-refractivity contribution < 1.29 is 9.18 Å². The fourth-order valence-corrected chi connectivity index (χ4v) is 1.54. The molecule has 1 amide bonds. The Balaban J connectivity index is 2.22. The van der Waals surface area contributed by atoms with Gasteiger partial charge in [0.1, 0.15) is 11.6 Å². The lowest BCUT2D eigenvalue weighted by Crippen LogP contribution is -2.15. The normalized spacial score (nSPS) is 10.1. The molecule has 0 bridgehead atoms. The first-order valence-corrected chi connectivity index (χ1v) is 5.36. The molecule has 0 aliphatic carbocycles. The van der Waals surface area contributed by atoms with E-state index in [1.165, 1.54) is 12.1 Å². The number of carbonyl (C=O) groups is 1. The standard InChI is InChI=1S/C13H12FN3O/c1-8-3-2-4-12(16-8)17-13(18)10-6-5-9(14)7-11(10)15/h2-7H,15H2,1H3,(H,16,17,18). The number of hydrogen-bond acceptors (Lipinski definition) is 3. The minimum absolute atomic E-state index is 0.0974. The summed E-state index contributed by atoms with van der Waals surface area (Å²) in [5.41, 5.74) is 6.70. The van der Waals surface area contributed by atoms with Crippen LogP contribution in [0.2, 0.25) is 0 Å². The summed E-state index contributed by atoms with van der Waals surface area (Å²) in [6.45, 7) is 1.82. The van der Waals surface area contributed by atoms with Crippen LogP contribution in [-0.4, -0.2) is 10.9 Å². The fraction of sp³-hybridized carbons (Fsp3) is 0.0769. The van der Waals surface area contributed by atoms with Gasteiger partial charge in [-0.2, -0.15) is 0 Å². The van der Waals surface area contributed by atoms with Crippen LogP contribution in [0.1, 0.15) is 16.1 Å². The van der Waals surface area contributed by atoms with Crippen LogP contribution in [0, 0.1) is 12.7 Å². The van der Waals surface area contributed by atoms with Gasteiger partial charge < -0.3 is 11.1 Å². The van der Waals surface area contributed by atoms with Gasteiger partial charge >= 0.3 is 0 Å². The summed E-state index contributed by atoms with van der Waals surface area (Å²) in [7, 11) is 0. The molecule has 2 aromatic rings. The third-order valence-electron chi connectivity index (χ3n) is 2.39. The zero-order valence-corrected chi connectivity index (χ0v) is 9.77. The second kappa shape index (κ2) is 4.83. The minimum atomic E-state index is -0.474. The molecule has 0 fully saturated rings. The van der Waals surface area contributed by atoms with Crippen LogP contribution in [0.5, 0.6) is 0 Å². The molecular formula is C13H12FN3O. The van der Waals surface area contributed by atoms with Gasteiger partial charge in [0.15, 0.2) is 0 Å². The van der Waals surface area contributed by atoms with Crippen LogP contribution >= 0.6 is 0 Å². The molecule has 4 nitrogen and oxygen atoms in total. The predicted octanol–water partition coefficient (Wildman–Crippen LogP) is 2.36. The molecule has 0 atom stereocenters. The van der Waals surface area contributed by atoms with Crippen LogP contribution < -0.4 is 11.1 Å². The van der Waals surface area contributed by atoms with Gasteiger partial charge in [0.25, 0.3) is 5.91 Å². The first-order valence-electron chi connectivity index (χ1n) is 5.36. The number of nitrogens with one attached hydrogen (secondary N) is 1. The number of aromatic nitrogens is 1. The molecule has 0 saturated heterocycles. The number of benzene rings is 1. The van der Waals surface area contributed by atoms with Crippen LogP contribution in [0.15, 0.2) is 36.4 Å². The lowest BCUT2D eigenvalue weighted by molar-refractivity contribution is 0.102. The third kappa shape index (κ3) is 2.63. The van der Waals surface area contributed by atoms with Crippen molar-refractivity contribution in [3.05, 3.63) is 53.5 Å². The molecule has 2 rings (SSSR count). The first-order chi connectivity index (χ1) is 8.56. The number of hydrogen-bond donors (Lipinski definition) is 2. The monoisotopic (exact) mass is 245 g/mol. The van der Waals surface area contributed by atoms with E-state index in [9.17, 15) is 9.18 Å². The number of halogens is 1. The molecule has 0 radical (unpaired) electrons. The van der Waals surface area contributed by atoms with Crippen molar-refractivity contribution in [2.45, 2.75) is 6.92 Å². The highest BCUT2D eigenvalue weighted by molar-refractivity contribution is 6.07. The van der Waals surface area contributed by atoms with Gasteiger partial charge in [0.2, 0.25) is 0 Å². The fourth-order valence-electron chi connectivity index (χ4n) is 1.54. The maximum absolute atomic E-state index is 12.9. The summed E-state index contributed by atoms with van der Waals surface area (Å²) in [4.78, 5) is 16.0. The summed E-state index contributed by atoms with van der Waals surface area (Å²) in [6.07, 6.45) is 0. The largest absolute Gasteiger partial charge is 0.398 e. The van der Waals surface area contributed by atoms with Gasteiger partial charge in [-0.25, -0.2) is 9.37 Å². The lowest BCUT2D eigenvalue weighted by atomic mass is 10.1. The second-order valence-corrected chi connectivity index (χ2v) is 3.85. The molecule has 18 heavy (non-hydrogen) atoms. The molecule has 0 saturated carbocycles. The molecule has 1 aromatic carbocycles. The number of nitrogens with two attached hydrogens (primary N) is 1. The predicted molar refractivity (Wildman–Crippen MR) is 67.7 cm³/mol. The van der Waals surface area contributed by atoms with Crippen LogP contribution in [0.3, 0.4) is 0 Å². The number of nitrogens with zero attached hydrogens (tertiary/aromatic N) is 1. The number of pyridine rings is 1. The van der Waals surface area contributed by atoms with Crippen molar-refractivity contribution in [1.82, 2.24) is 4.98 Å². The molecule has 1 aromatic heterocycles. The van der Waals surface area contributed by atoms with E-state index >= 15 is 0 Å². The number of nitrogen functional groups attached to an aromatic ring is 1. The lowest BCUT2D eigenvalue weighted by Gasteiger charge is -2.07. The molecule has 1 heterocycles. The molecule has 0 spiro atoms. The highest BCUT2D eigenvalue weighted by Crippen LogP contribution is 2.15. The first kappa shape index (κ1) is 12.0. The van der Waals surface area contributed by atoms with Crippen LogP contribution in [-0.2, 0) is 0 Å². The van der Waals surface area contributed by atoms with Gasteiger partial charge in [0, 0.05) is 11.4 Å². The van der Waals surface area contributed by atoms with Crippen LogP contribution in [0.4, 0.5) is 15.9 Å². The van der Waals surface area contributed by atoms with Gasteiger partial charge in [-0.1, -0.05) is 6.07 Å². The Kier molecular flexibility index (Phi) is 3.23. The Morgan fingerprint density at radius 1 is 1.33 bits per heavy atom.